The van der Waals surface area contributed by atoms with Crippen LogP contribution in [0.1, 0.15) is 207 Å². The number of hydrogen-bond donors (Lipinski definition) is 0. The summed E-state index contributed by atoms with van der Waals surface area (Å²) < 4.78 is 18.5. The van der Waals surface area contributed by atoms with E-state index in [2.05, 4.69) is 50.0 Å². The van der Waals surface area contributed by atoms with Gasteiger partial charge < -0.3 is 24.0 Å². The Morgan fingerprint density at radius 3 is 1.76 bits per heavy atom. The molecule has 0 spiro atoms. The van der Waals surface area contributed by atoms with E-state index in [4.69, 9.17) is 14.2 Å². The smallest absolute Gasteiger partial charge is 0.306 e. The summed E-state index contributed by atoms with van der Waals surface area (Å²) in [5.74, 6) is 0.370. The van der Waals surface area contributed by atoms with Crippen molar-refractivity contribution in [3.8, 4) is 0 Å². The van der Waals surface area contributed by atoms with Crippen LogP contribution in [0.2, 0.25) is 0 Å². The van der Waals surface area contributed by atoms with Crippen molar-refractivity contribution in [3.63, 3.8) is 0 Å². The fourth-order valence-corrected chi connectivity index (χ4v) is 7.49. The maximum Gasteiger partial charge on any atom is 0.306 e. The summed E-state index contributed by atoms with van der Waals surface area (Å²) in [6, 6.07) is 0. The van der Waals surface area contributed by atoms with E-state index in [0.29, 0.717) is 38.5 Å². The molecule has 0 aromatic rings. The SMILES string of the molecule is CCCCC/C=C\C/C=C\CCCCCCCC1CC(OC(=O)CCC(OCCCCCCCC)OCCCCCCCC)CN(C(=O)CCCN(C)C)C1. The standard InChI is InChI=1S/C48H90N2O5/c1-6-9-12-15-18-19-20-21-22-23-24-25-26-27-30-34-44-41-45(43-50(42-44)46(51)35-33-38-49(4)5)55-47(52)36-37-48(53-39-31-28-16-13-10-7-2)54-40-32-29-17-14-11-8-3/h18-19,21-22,44-45,48H,6-17,20,23-43H2,1-5H3/b19-18-,22-21-. The van der Waals surface area contributed by atoms with Gasteiger partial charge in [-0.1, -0.05) is 148 Å². The lowest BCUT2D eigenvalue weighted by Crippen LogP contribution is -2.47. The highest BCUT2D eigenvalue weighted by Crippen LogP contribution is 2.26. The molecule has 0 N–H and O–H groups in total. The van der Waals surface area contributed by atoms with Crippen molar-refractivity contribution in [2.24, 2.45) is 5.92 Å². The predicted octanol–water partition coefficient (Wildman–Crippen LogP) is 12.8. The Balaban J connectivity index is 2.56. The summed E-state index contributed by atoms with van der Waals surface area (Å²) in [6.07, 6.45) is 40.9. The van der Waals surface area contributed by atoms with E-state index in [1.54, 1.807) is 0 Å². The Labute approximate surface area is 341 Å². The molecular weight excluding hydrogens is 685 g/mol. The minimum atomic E-state index is -0.369. The second-order valence-corrected chi connectivity index (χ2v) is 16.7. The van der Waals surface area contributed by atoms with Gasteiger partial charge in [0, 0.05) is 32.6 Å². The predicted molar refractivity (Wildman–Crippen MR) is 233 cm³/mol. The molecule has 7 heteroatoms. The average molecular weight is 775 g/mol. The van der Waals surface area contributed by atoms with Crippen LogP contribution in [0.3, 0.4) is 0 Å². The molecule has 0 bridgehead atoms. The molecule has 2 unspecified atom stereocenters. The van der Waals surface area contributed by atoms with Crippen LogP contribution in [0.25, 0.3) is 0 Å². The second kappa shape index (κ2) is 37.9. The van der Waals surface area contributed by atoms with Gasteiger partial charge in [0.05, 0.1) is 13.0 Å². The second-order valence-electron chi connectivity index (χ2n) is 16.7. The first kappa shape index (κ1) is 51.3. The number of likely N-dealkylation sites (tertiary alicyclic amines) is 1. The van der Waals surface area contributed by atoms with E-state index in [1.165, 1.54) is 128 Å². The summed E-state index contributed by atoms with van der Waals surface area (Å²) in [5, 5.41) is 0. The number of carbonyl (C=O) groups is 2. The van der Waals surface area contributed by atoms with Crippen LogP contribution in [0, 0.1) is 5.92 Å². The van der Waals surface area contributed by atoms with Gasteiger partial charge in [0.25, 0.3) is 0 Å². The Morgan fingerprint density at radius 2 is 1.16 bits per heavy atom. The van der Waals surface area contributed by atoms with Crippen molar-refractivity contribution in [2.45, 2.75) is 219 Å². The van der Waals surface area contributed by atoms with Crippen LogP contribution in [0.15, 0.2) is 24.3 Å². The Kier molecular flexibility index (Phi) is 35.3. The van der Waals surface area contributed by atoms with Crippen molar-refractivity contribution in [2.75, 3.05) is 46.9 Å². The highest BCUT2D eigenvalue weighted by molar-refractivity contribution is 5.76. The molecule has 1 rings (SSSR count). The Hall–Kier alpha value is -1.70. The van der Waals surface area contributed by atoms with Crippen molar-refractivity contribution in [1.29, 1.82) is 0 Å². The molecule has 0 saturated carbocycles. The minimum Gasteiger partial charge on any atom is -0.460 e. The summed E-state index contributed by atoms with van der Waals surface area (Å²) in [4.78, 5) is 30.7. The molecule has 1 heterocycles. The molecule has 0 aliphatic carbocycles. The zero-order valence-corrected chi connectivity index (χ0v) is 37.0. The molecule has 1 aliphatic heterocycles. The molecule has 0 aromatic carbocycles. The quantitative estimate of drug-likeness (QED) is 0.0269. The van der Waals surface area contributed by atoms with E-state index >= 15 is 0 Å². The van der Waals surface area contributed by atoms with Gasteiger partial charge >= 0.3 is 5.97 Å². The van der Waals surface area contributed by atoms with Crippen molar-refractivity contribution in [1.82, 2.24) is 9.80 Å². The third kappa shape index (κ3) is 32.0. The number of ether oxygens (including phenoxy) is 3. The molecule has 0 aromatic heterocycles. The van der Waals surface area contributed by atoms with E-state index in [9.17, 15) is 9.59 Å². The fourth-order valence-electron chi connectivity index (χ4n) is 7.49. The van der Waals surface area contributed by atoms with Crippen LogP contribution in [-0.4, -0.2) is 81.0 Å². The van der Waals surface area contributed by atoms with Gasteiger partial charge in [-0.2, -0.15) is 0 Å². The van der Waals surface area contributed by atoms with Crippen LogP contribution in [-0.2, 0) is 23.8 Å². The van der Waals surface area contributed by atoms with E-state index in [-0.39, 0.29) is 30.7 Å². The van der Waals surface area contributed by atoms with Gasteiger partial charge in [0.2, 0.25) is 5.91 Å². The maximum atomic E-state index is 13.3. The topological polar surface area (TPSA) is 68.3 Å². The molecule has 2 atom stereocenters. The van der Waals surface area contributed by atoms with Gasteiger partial charge in [0.15, 0.2) is 6.29 Å². The third-order valence-electron chi connectivity index (χ3n) is 10.9. The van der Waals surface area contributed by atoms with Gasteiger partial charge in [-0.3, -0.25) is 9.59 Å². The average Bonchev–Trinajstić information content (AvgIpc) is 3.17. The lowest BCUT2D eigenvalue weighted by Gasteiger charge is -2.37. The summed E-state index contributed by atoms with van der Waals surface area (Å²) in [6.45, 7) is 10.3. The fraction of sp³-hybridized carbons (Fsp3) is 0.875. The zero-order chi connectivity index (χ0) is 40.0. The van der Waals surface area contributed by atoms with Gasteiger partial charge in [-0.05, 0) is 90.8 Å². The first-order valence-corrected chi connectivity index (χ1v) is 23.5. The molecule has 7 nitrogen and oxygen atoms in total. The zero-order valence-electron chi connectivity index (χ0n) is 37.0. The van der Waals surface area contributed by atoms with Crippen LogP contribution < -0.4 is 0 Å². The van der Waals surface area contributed by atoms with Crippen LogP contribution in [0.5, 0.6) is 0 Å². The highest BCUT2D eigenvalue weighted by Gasteiger charge is 2.32. The summed E-state index contributed by atoms with van der Waals surface area (Å²) >= 11 is 0. The number of rotatable bonds is 38. The molecule has 1 aliphatic rings. The lowest BCUT2D eigenvalue weighted by molar-refractivity contribution is -0.166. The molecular formula is C48H90N2O5. The normalized spacial score (nSPS) is 16.4. The Morgan fingerprint density at radius 1 is 0.636 bits per heavy atom. The molecule has 55 heavy (non-hydrogen) atoms. The first-order chi connectivity index (χ1) is 26.9. The van der Waals surface area contributed by atoms with Crippen LogP contribution in [0.4, 0.5) is 0 Å². The van der Waals surface area contributed by atoms with Gasteiger partial charge in [-0.15, -0.1) is 0 Å². The number of esters is 1. The van der Waals surface area contributed by atoms with Crippen molar-refractivity contribution in [3.05, 3.63) is 24.3 Å². The van der Waals surface area contributed by atoms with Gasteiger partial charge in [-0.25, -0.2) is 0 Å². The van der Waals surface area contributed by atoms with Crippen LogP contribution >= 0.6 is 0 Å². The number of nitrogens with zero attached hydrogens (tertiary/aromatic N) is 2. The number of allylic oxidation sites excluding steroid dienone is 4. The monoisotopic (exact) mass is 775 g/mol. The number of carbonyl (C=O) groups excluding carboxylic acids is 2. The van der Waals surface area contributed by atoms with E-state index in [0.717, 1.165) is 51.6 Å². The van der Waals surface area contributed by atoms with Crippen molar-refractivity contribution >= 4 is 11.9 Å². The van der Waals surface area contributed by atoms with Crippen molar-refractivity contribution < 1.29 is 23.8 Å². The summed E-state index contributed by atoms with van der Waals surface area (Å²) in [7, 11) is 4.10. The number of amides is 1. The number of unbranched alkanes of at least 4 members (excludes halogenated alkanes) is 18. The third-order valence-corrected chi connectivity index (χ3v) is 10.9. The van der Waals surface area contributed by atoms with E-state index in [1.807, 2.05) is 19.0 Å². The molecule has 322 valence electrons. The lowest BCUT2D eigenvalue weighted by atomic mass is 9.90. The number of hydrogen-bond acceptors (Lipinski definition) is 6. The first-order valence-electron chi connectivity index (χ1n) is 23.5. The largest absolute Gasteiger partial charge is 0.460 e. The molecule has 1 amide bonds. The Bertz CT molecular complexity index is 919. The number of piperidine rings is 1. The van der Waals surface area contributed by atoms with E-state index < -0.39 is 0 Å². The maximum absolute atomic E-state index is 13.3. The molecule has 1 fully saturated rings. The molecule has 0 radical (unpaired) electrons. The molecule has 1 saturated heterocycles. The van der Waals surface area contributed by atoms with Gasteiger partial charge in [0.1, 0.15) is 6.10 Å². The minimum absolute atomic E-state index is 0.193. The summed E-state index contributed by atoms with van der Waals surface area (Å²) in [5.41, 5.74) is 0. The highest BCUT2D eigenvalue weighted by atomic mass is 16.7.